The summed E-state index contributed by atoms with van der Waals surface area (Å²) < 4.78 is 0. The molecule has 0 bridgehead atoms. The molecule has 2 aliphatic rings. The molecule has 1 aliphatic heterocycles. The van der Waals surface area contributed by atoms with E-state index in [-0.39, 0.29) is 5.92 Å². The van der Waals surface area contributed by atoms with Gasteiger partial charge in [0.1, 0.15) is 0 Å². The van der Waals surface area contributed by atoms with Gasteiger partial charge < -0.3 is 4.90 Å². The first-order chi connectivity index (χ1) is 13.9. The number of hydrogen-bond donors (Lipinski definition) is 0. The van der Waals surface area contributed by atoms with Gasteiger partial charge in [0, 0.05) is 22.5 Å². The first kappa shape index (κ1) is 22.8. The average molecular weight is 463 g/mol. The summed E-state index contributed by atoms with van der Waals surface area (Å²) in [6, 6.07) is 7.11. The predicted octanol–water partition coefficient (Wildman–Crippen LogP) is 7.31. The average Bonchev–Trinajstić information content (AvgIpc) is 3.00. The highest BCUT2D eigenvalue weighted by Gasteiger charge is 2.36. The Morgan fingerprint density at radius 2 is 1.93 bits per heavy atom. The van der Waals surface area contributed by atoms with E-state index >= 15 is 0 Å². The van der Waals surface area contributed by atoms with Crippen molar-refractivity contribution in [2.45, 2.75) is 103 Å². The number of carbonyl (C=O) groups excluding carboxylic acids is 1. The minimum absolute atomic E-state index is 0.235. The molecule has 1 aromatic rings. The Hall–Kier alpha value is -0.830. The second-order valence-electron chi connectivity index (χ2n) is 10.0. The minimum atomic E-state index is 0.235. The third-order valence-electron chi connectivity index (χ3n) is 6.94. The van der Waals surface area contributed by atoms with Gasteiger partial charge in [0.15, 0.2) is 0 Å². The predicted molar refractivity (Wildman–Crippen MR) is 128 cm³/mol. The van der Waals surface area contributed by atoms with Gasteiger partial charge in [-0.1, -0.05) is 68.1 Å². The van der Waals surface area contributed by atoms with Crippen LogP contribution in [0.2, 0.25) is 0 Å². The van der Waals surface area contributed by atoms with Gasteiger partial charge in [-0.2, -0.15) is 0 Å². The van der Waals surface area contributed by atoms with E-state index in [4.69, 9.17) is 0 Å². The maximum absolute atomic E-state index is 13.4. The molecule has 0 N–H and O–H groups in total. The fourth-order valence-electron chi connectivity index (χ4n) is 5.39. The summed E-state index contributed by atoms with van der Waals surface area (Å²) in [6.45, 7) is 9.05. The van der Waals surface area contributed by atoms with Crippen molar-refractivity contribution in [2.24, 2.45) is 17.8 Å². The van der Waals surface area contributed by atoms with E-state index in [1.807, 2.05) is 0 Å². The number of benzene rings is 1. The fraction of sp³-hybridized carbons (Fsp3) is 0.731. The van der Waals surface area contributed by atoms with Crippen molar-refractivity contribution >= 4 is 27.5 Å². The quantitative estimate of drug-likeness (QED) is 0.371. The maximum atomic E-state index is 13.4. The van der Waals surface area contributed by atoms with Crippen molar-refractivity contribution in [3.8, 4) is 0 Å². The Bertz CT molecular complexity index is 677. The summed E-state index contributed by atoms with van der Waals surface area (Å²) in [5.74, 6) is 2.18. The van der Waals surface area contributed by atoms with Crippen LogP contribution in [0.15, 0.2) is 18.2 Å². The smallest absolute Gasteiger partial charge is 0.230 e. The minimum Gasteiger partial charge on any atom is -0.309 e. The monoisotopic (exact) mass is 461 g/mol. The molecule has 1 amide bonds. The number of anilines is 1. The van der Waals surface area contributed by atoms with Gasteiger partial charge in [0.05, 0.1) is 0 Å². The molecular formula is C26H40BrNO. The highest BCUT2D eigenvalue weighted by molar-refractivity contribution is 9.09. The van der Waals surface area contributed by atoms with Gasteiger partial charge in [0.2, 0.25) is 5.91 Å². The SMILES string of the molecule is CCCCC1CCC(C(=O)N2c3ccc(CC(Br)CC(C)C)cc3CC2C)CC1. The van der Waals surface area contributed by atoms with Gasteiger partial charge >= 0.3 is 0 Å². The van der Waals surface area contributed by atoms with Gasteiger partial charge in [-0.3, -0.25) is 4.79 Å². The van der Waals surface area contributed by atoms with Gasteiger partial charge in [-0.15, -0.1) is 0 Å². The van der Waals surface area contributed by atoms with Gasteiger partial charge in [-0.25, -0.2) is 0 Å². The molecule has 1 heterocycles. The number of unbranched alkanes of at least 4 members (excludes halogenated alkanes) is 1. The Morgan fingerprint density at radius 1 is 1.21 bits per heavy atom. The molecule has 2 nitrogen and oxygen atoms in total. The first-order valence-corrected chi connectivity index (χ1v) is 12.9. The molecule has 3 heteroatoms. The highest BCUT2D eigenvalue weighted by Crippen LogP contribution is 2.38. The Labute approximate surface area is 187 Å². The van der Waals surface area contributed by atoms with E-state index in [2.05, 4.69) is 66.7 Å². The molecule has 162 valence electrons. The molecule has 2 unspecified atom stereocenters. The number of halogens is 1. The van der Waals surface area contributed by atoms with E-state index in [0.29, 0.717) is 22.7 Å². The second kappa shape index (κ2) is 10.5. The second-order valence-corrected chi connectivity index (χ2v) is 11.3. The van der Waals surface area contributed by atoms with Gasteiger partial charge in [-0.05, 0) is 80.9 Å². The van der Waals surface area contributed by atoms with Crippen LogP contribution >= 0.6 is 15.9 Å². The lowest BCUT2D eigenvalue weighted by molar-refractivity contribution is -0.123. The van der Waals surface area contributed by atoms with Crippen LogP contribution in [0.4, 0.5) is 5.69 Å². The normalized spacial score (nSPS) is 25.3. The number of nitrogens with zero attached hydrogens (tertiary/aromatic N) is 1. The summed E-state index contributed by atoms with van der Waals surface area (Å²) in [6.07, 6.45) is 11.9. The molecule has 29 heavy (non-hydrogen) atoms. The van der Waals surface area contributed by atoms with Crippen LogP contribution in [0.1, 0.15) is 90.2 Å². The summed E-state index contributed by atoms with van der Waals surface area (Å²) >= 11 is 3.85. The number of carbonyl (C=O) groups is 1. The van der Waals surface area contributed by atoms with Crippen LogP contribution in [0, 0.1) is 17.8 Å². The summed E-state index contributed by atoms with van der Waals surface area (Å²) in [7, 11) is 0. The number of hydrogen-bond acceptors (Lipinski definition) is 1. The molecule has 1 aromatic carbocycles. The number of amides is 1. The van der Waals surface area contributed by atoms with Crippen LogP contribution in [0.25, 0.3) is 0 Å². The standard InChI is InChI=1S/C26H40BrNO/c1-5-6-7-20-8-11-22(12-9-20)26(29)28-19(4)15-23-16-21(10-13-25(23)28)17-24(27)14-18(2)3/h10,13,16,18-20,22,24H,5-9,11-12,14-15,17H2,1-4H3. The molecule has 2 atom stereocenters. The number of fused-ring (bicyclic) bond motifs is 1. The molecular weight excluding hydrogens is 422 g/mol. The summed E-state index contributed by atoms with van der Waals surface area (Å²) in [5.41, 5.74) is 3.93. The van der Waals surface area contributed by atoms with Crippen molar-refractivity contribution in [1.82, 2.24) is 0 Å². The number of alkyl halides is 1. The van der Waals surface area contributed by atoms with Crippen LogP contribution in [-0.2, 0) is 17.6 Å². The van der Waals surface area contributed by atoms with E-state index in [1.165, 1.54) is 55.3 Å². The van der Waals surface area contributed by atoms with Crippen molar-refractivity contribution in [1.29, 1.82) is 0 Å². The van der Waals surface area contributed by atoms with Crippen molar-refractivity contribution in [2.75, 3.05) is 4.90 Å². The van der Waals surface area contributed by atoms with Crippen LogP contribution in [-0.4, -0.2) is 16.8 Å². The van der Waals surface area contributed by atoms with Crippen LogP contribution in [0.5, 0.6) is 0 Å². The Morgan fingerprint density at radius 3 is 2.59 bits per heavy atom. The largest absolute Gasteiger partial charge is 0.309 e. The molecule has 1 saturated carbocycles. The van der Waals surface area contributed by atoms with E-state index in [0.717, 1.165) is 31.6 Å². The topological polar surface area (TPSA) is 20.3 Å². The van der Waals surface area contributed by atoms with Crippen molar-refractivity contribution in [3.63, 3.8) is 0 Å². The molecule has 1 aliphatic carbocycles. The lowest BCUT2D eigenvalue weighted by atomic mass is 9.79. The molecule has 0 radical (unpaired) electrons. The van der Waals surface area contributed by atoms with Crippen LogP contribution < -0.4 is 4.90 Å². The Kier molecular flexibility index (Phi) is 8.24. The lowest BCUT2D eigenvalue weighted by Gasteiger charge is -2.32. The van der Waals surface area contributed by atoms with Crippen molar-refractivity contribution < 1.29 is 4.79 Å². The molecule has 0 saturated heterocycles. The zero-order valence-electron chi connectivity index (χ0n) is 18.9. The molecule has 0 spiro atoms. The zero-order chi connectivity index (χ0) is 21.0. The summed E-state index contributed by atoms with van der Waals surface area (Å²) in [4.78, 5) is 16.1. The third kappa shape index (κ3) is 5.87. The van der Waals surface area contributed by atoms with Gasteiger partial charge in [0.25, 0.3) is 0 Å². The molecule has 1 fully saturated rings. The zero-order valence-corrected chi connectivity index (χ0v) is 20.5. The summed E-state index contributed by atoms with van der Waals surface area (Å²) in [5, 5.41) is 0. The first-order valence-electron chi connectivity index (χ1n) is 12.0. The Balaban J connectivity index is 1.63. The van der Waals surface area contributed by atoms with Crippen LogP contribution in [0.3, 0.4) is 0 Å². The van der Waals surface area contributed by atoms with E-state index in [9.17, 15) is 4.79 Å². The molecule has 3 rings (SSSR count). The fourth-order valence-corrected chi connectivity index (χ4v) is 6.51. The van der Waals surface area contributed by atoms with Crippen molar-refractivity contribution in [3.05, 3.63) is 29.3 Å². The number of rotatable bonds is 8. The van der Waals surface area contributed by atoms with E-state index < -0.39 is 0 Å². The highest BCUT2D eigenvalue weighted by atomic mass is 79.9. The maximum Gasteiger partial charge on any atom is 0.230 e. The van der Waals surface area contributed by atoms with E-state index in [1.54, 1.807) is 0 Å². The lowest BCUT2D eigenvalue weighted by Crippen LogP contribution is -2.41. The molecule has 0 aromatic heterocycles. The third-order valence-corrected chi connectivity index (χ3v) is 7.64.